The predicted molar refractivity (Wildman–Crippen MR) is 129 cm³/mol. The first-order chi connectivity index (χ1) is 17.3. The summed E-state index contributed by atoms with van der Waals surface area (Å²) in [6.07, 6.45) is -1.26. The van der Waals surface area contributed by atoms with Gasteiger partial charge in [-0.25, -0.2) is 4.98 Å². The number of hydrogen-bond donors (Lipinski definition) is 0. The van der Waals surface area contributed by atoms with Gasteiger partial charge < -0.3 is 14.3 Å². The van der Waals surface area contributed by atoms with Gasteiger partial charge in [0, 0.05) is 17.8 Å². The van der Waals surface area contributed by atoms with Gasteiger partial charge in [0.1, 0.15) is 18.3 Å². The lowest BCUT2D eigenvalue weighted by molar-refractivity contribution is -0.146. The van der Waals surface area contributed by atoms with Gasteiger partial charge in [-0.15, -0.1) is 11.3 Å². The van der Waals surface area contributed by atoms with Crippen LogP contribution in [0.1, 0.15) is 48.6 Å². The molecule has 3 unspecified atom stereocenters. The SMILES string of the molecule is COC(=O)C1C(C(C)Cc2ccc(OCCN3CCCCC3)cc2)=NOC1c1csc(C(F)(F)F)n1. The number of carbonyl (C=O) groups is 1. The third-order valence-corrected chi connectivity index (χ3v) is 7.40. The normalized spacial score (nSPS) is 21.5. The van der Waals surface area contributed by atoms with Crippen LogP contribution in [0.2, 0.25) is 0 Å². The lowest BCUT2D eigenvalue weighted by atomic mass is 9.85. The molecular weight excluding hydrogens is 495 g/mol. The largest absolute Gasteiger partial charge is 0.492 e. The van der Waals surface area contributed by atoms with E-state index in [4.69, 9.17) is 14.3 Å². The lowest BCUT2D eigenvalue weighted by Gasteiger charge is -2.26. The van der Waals surface area contributed by atoms with Gasteiger partial charge in [0.05, 0.1) is 18.5 Å². The topological polar surface area (TPSA) is 73.2 Å². The van der Waals surface area contributed by atoms with Crippen LogP contribution in [0.4, 0.5) is 13.2 Å². The lowest BCUT2D eigenvalue weighted by Crippen LogP contribution is -2.33. The zero-order valence-electron chi connectivity index (χ0n) is 20.3. The number of carbonyl (C=O) groups excluding carboxylic acids is 1. The van der Waals surface area contributed by atoms with E-state index in [1.165, 1.54) is 31.8 Å². The molecular formula is C25H30F3N3O4S. The quantitative estimate of drug-likeness (QED) is 0.423. The Labute approximate surface area is 212 Å². The molecule has 0 saturated carbocycles. The van der Waals surface area contributed by atoms with Gasteiger partial charge in [-0.2, -0.15) is 13.2 Å². The number of ether oxygens (including phenoxy) is 2. The molecule has 0 radical (unpaired) electrons. The first-order valence-electron chi connectivity index (χ1n) is 12.0. The summed E-state index contributed by atoms with van der Waals surface area (Å²) in [6.45, 7) is 5.71. The van der Waals surface area contributed by atoms with Crippen LogP contribution >= 0.6 is 11.3 Å². The molecule has 1 saturated heterocycles. The fourth-order valence-corrected chi connectivity index (χ4v) is 5.30. The van der Waals surface area contributed by atoms with Crippen LogP contribution in [0.25, 0.3) is 0 Å². The number of halogens is 3. The zero-order chi connectivity index (χ0) is 25.7. The van der Waals surface area contributed by atoms with E-state index >= 15 is 0 Å². The van der Waals surface area contributed by atoms with E-state index in [2.05, 4.69) is 15.0 Å². The first kappa shape index (κ1) is 26.4. The number of alkyl halides is 3. The minimum atomic E-state index is -4.57. The number of rotatable bonds is 9. The molecule has 7 nitrogen and oxygen atoms in total. The molecule has 0 N–H and O–H groups in total. The van der Waals surface area contributed by atoms with Crippen LogP contribution in [-0.4, -0.2) is 54.9 Å². The summed E-state index contributed by atoms with van der Waals surface area (Å²) in [5.41, 5.74) is 1.45. The summed E-state index contributed by atoms with van der Waals surface area (Å²) >= 11 is 0.458. The minimum Gasteiger partial charge on any atom is -0.492 e. The molecule has 0 amide bonds. The molecule has 4 rings (SSSR count). The van der Waals surface area contributed by atoms with E-state index in [1.807, 2.05) is 31.2 Å². The second-order valence-corrected chi connectivity index (χ2v) is 9.98. The van der Waals surface area contributed by atoms with Crippen molar-refractivity contribution in [1.82, 2.24) is 9.88 Å². The summed E-state index contributed by atoms with van der Waals surface area (Å²) < 4.78 is 49.9. The second-order valence-electron chi connectivity index (χ2n) is 9.12. The molecule has 1 aromatic heterocycles. The molecule has 3 atom stereocenters. The fraction of sp³-hybridized carbons (Fsp3) is 0.560. The number of likely N-dealkylation sites (tertiary alicyclic amines) is 1. The van der Waals surface area contributed by atoms with Crippen LogP contribution in [-0.2, 0) is 27.0 Å². The third kappa shape index (κ3) is 6.36. The van der Waals surface area contributed by atoms with E-state index in [-0.39, 0.29) is 11.6 Å². The number of benzene rings is 1. The number of thiazole rings is 1. The van der Waals surface area contributed by atoms with Crippen molar-refractivity contribution in [3.63, 3.8) is 0 Å². The highest BCUT2D eigenvalue weighted by molar-refractivity contribution is 7.09. The number of piperidine rings is 1. The molecule has 0 aliphatic carbocycles. The standard InChI is InChI=1S/C25H30F3N3O4S/c1-16(14-17-6-8-18(9-7-17)34-13-12-31-10-4-3-5-11-31)21-20(23(32)33-2)22(35-30-21)19-15-36-24(29-19)25(26,27)28/h6-9,15-16,20,22H,3-5,10-14H2,1-2H3. The number of esters is 1. The Morgan fingerprint density at radius 1 is 1.22 bits per heavy atom. The Bertz CT molecular complexity index is 1050. The van der Waals surface area contributed by atoms with Crippen LogP contribution < -0.4 is 4.74 Å². The van der Waals surface area contributed by atoms with Crippen molar-refractivity contribution in [3.8, 4) is 5.75 Å². The fourth-order valence-electron chi connectivity index (χ4n) is 4.59. The highest BCUT2D eigenvalue weighted by Gasteiger charge is 2.46. The van der Waals surface area contributed by atoms with E-state index in [1.54, 1.807) is 0 Å². The van der Waals surface area contributed by atoms with Crippen molar-refractivity contribution >= 4 is 23.0 Å². The zero-order valence-corrected chi connectivity index (χ0v) is 21.1. The smallest absolute Gasteiger partial charge is 0.443 e. The van der Waals surface area contributed by atoms with Crippen LogP contribution in [0.5, 0.6) is 5.75 Å². The number of methoxy groups -OCH3 is 1. The summed E-state index contributed by atoms with van der Waals surface area (Å²) in [6, 6.07) is 7.76. The van der Waals surface area contributed by atoms with Gasteiger partial charge in [0.15, 0.2) is 11.1 Å². The highest BCUT2D eigenvalue weighted by Crippen LogP contribution is 2.40. The van der Waals surface area contributed by atoms with Crippen molar-refractivity contribution in [2.75, 3.05) is 33.4 Å². The monoisotopic (exact) mass is 525 g/mol. The van der Waals surface area contributed by atoms with Crippen LogP contribution in [0.15, 0.2) is 34.8 Å². The Morgan fingerprint density at radius 2 is 1.94 bits per heavy atom. The molecule has 1 fully saturated rings. The van der Waals surface area contributed by atoms with Crippen molar-refractivity contribution in [2.45, 2.75) is 44.9 Å². The van der Waals surface area contributed by atoms with Crippen molar-refractivity contribution in [2.24, 2.45) is 17.0 Å². The Morgan fingerprint density at radius 3 is 2.58 bits per heavy atom. The van der Waals surface area contributed by atoms with Crippen LogP contribution in [0.3, 0.4) is 0 Å². The predicted octanol–water partition coefficient (Wildman–Crippen LogP) is 5.12. The Balaban J connectivity index is 1.36. The molecule has 3 heterocycles. The molecule has 0 bridgehead atoms. The van der Waals surface area contributed by atoms with Crippen LogP contribution in [0, 0.1) is 11.8 Å². The summed E-state index contributed by atoms with van der Waals surface area (Å²) in [5.74, 6) is -1.01. The number of hydrogen-bond acceptors (Lipinski definition) is 8. The summed E-state index contributed by atoms with van der Waals surface area (Å²) in [7, 11) is 1.23. The Hall–Kier alpha value is -2.66. The maximum absolute atomic E-state index is 13.0. The average molecular weight is 526 g/mol. The van der Waals surface area contributed by atoms with E-state index in [0.717, 1.165) is 30.9 Å². The third-order valence-electron chi connectivity index (χ3n) is 6.50. The summed E-state index contributed by atoms with van der Waals surface area (Å²) in [5, 5.41) is 4.33. The van der Waals surface area contributed by atoms with Gasteiger partial charge in [0.2, 0.25) is 0 Å². The molecule has 36 heavy (non-hydrogen) atoms. The van der Waals surface area contributed by atoms with E-state index in [0.29, 0.717) is 30.1 Å². The molecule has 11 heteroatoms. The molecule has 196 valence electrons. The Kier molecular flexibility index (Phi) is 8.50. The van der Waals surface area contributed by atoms with E-state index in [9.17, 15) is 18.0 Å². The molecule has 2 aliphatic heterocycles. The van der Waals surface area contributed by atoms with Gasteiger partial charge in [-0.1, -0.05) is 30.6 Å². The minimum absolute atomic E-state index is 0.0136. The average Bonchev–Trinajstić information content (AvgIpc) is 3.53. The van der Waals surface area contributed by atoms with E-state index < -0.39 is 29.2 Å². The number of aromatic nitrogens is 1. The molecule has 2 aromatic rings. The second kappa shape index (κ2) is 11.6. The first-order valence-corrected chi connectivity index (χ1v) is 12.9. The van der Waals surface area contributed by atoms with Gasteiger partial charge >= 0.3 is 12.1 Å². The molecule has 2 aliphatic rings. The molecule has 1 aromatic carbocycles. The van der Waals surface area contributed by atoms with Gasteiger partial charge in [-0.05, 0) is 50.0 Å². The maximum atomic E-state index is 13.0. The number of nitrogens with zero attached hydrogens (tertiary/aromatic N) is 3. The summed E-state index contributed by atoms with van der Waals surface area (Å²) in [4.78, 5) is 24.1. The highest BCUT2D eigenvalue weighted by atomic mass is 32.1. The van der Waals surface area contributed by atoms with Crippen molar-refractivity contribution in [3.05, 3.63) is 45.9 Å². The van der Waals surface area contributed by atoms with Crippen molar-refractivity contribution in [1.29, 1.82) is 0 Å². The van der Waals surface area contributed by atoms with Gasteiger partial charge in [0.25, 0.3) is 0 Å². The van der Waals surface area contributed by atoms with Crippen molar-refractivity contribution < 1.29 is 32.3 Å². The maximum Gasteiger partial charge on any atom is 0.443 e. The van der Waals surface area contributed by atoms with Gasteiger partial charge in [-0.3, -0.25) is 9.69 Å². The number of oxime groups is 1. The molecule has 0 spiro atoms.